The Morgan fingerprint density at radius 3 is 2.35 bits per heavy atom. The van der Waals surface area contributed by atoms with E-state index in [0.29, 0.717) is 18.8 Å². The largest absolute Gasteiger partial charge is 0.494 e. The van der Waals surface area contributed by atoms with Crippen LogP contribution in [-0.2, 0) is 22.4 Å². The van der Waals surface area contributed by atoms with Gasteiger partial charge in [-0.05, 0) is 44.8 Å². The van der Waals surface area contributed by atoms with Crippen LogP contribution in [0.4, 0.5) is 0 Å². The van der Waals surface area contributed by atoms with Crippen LogP contribution in [0.5, 0.6) is 0 Å². The first kappa shape index (κ1) is 17.2. The zero-order valence-electron chi connectivity index (χ0n) is 15.7. The normalized spacial score (nSPS) is 20.5. The Morgan fingerprint density at radius 2 is 1.73 bits per heavy atom. The van der Waals surface area contributed by atoms with E-state index in [0.717, 1.165) is 16.6 Å². The molecule has 5 nitrogen and oxygen atoms in total. The first-order valence-corrected chi connectivity index (χ1v) is 8.94. The molecule has 2 aliphatic rings. The van der Waals surface area contributed by atoms with Gasteiger partial charge in [-0.25, -0.2) is 0 Å². The number of fused-ring (bicyclic) bond motifs is 1. The highest BCUT2D eigenvalue weighted by molar-refractivity contribution is 6.62. The van der Waals surface area contributed by atoms with Gasteiger partial charge in [0, 0.05) is 24.8 Å². The van der Waals surface area contributed by atoms with Gasteiger partial charge in [0.2, 0.25) is 0 Å². The van der Waals surface area contributed by atoms with Gasteiger partial charge in [-0.3, -0.25) is 9.78 Å². The van der Waals surface area contributed by atoms with Crippen LogP contribution in [0.3, 0.4) is 0 Å². The fraction of sp³-hybridized carbons (Fsp3) is 0.400. The van der Waals surface area contributed by atoms with Crippen LogP contribution in [0.15, 0.2) is 42.6 Å². The van der Waals surface area contributed by atoms with Gasteiger partial charge in [0.25, 0.3) is 5.91 Å². The van der Waals surface area contributed by atoms with Crippen molar-refractivity contribution in [2.24, 2.45) is 0 Å². The van der Waals surface area contributed by atoms with Crippen molar-refractivity contribution in [2.45, 2.75) is 52.0 Å². The Bertz CT molecular complexity index is 832. The van der Waals surface area contributed by atoms with E-state index < -0.39 is 0 Å². The average molecular weight is 350 g/mol. The average Bonchev–Trinajstić information content (AvgIpc) is 3.02. The molecule has 2 aliphatic heterocycles. The van der Waals surface area contributed by atoms with Crippen molar-refractivity contribution in [3.8, 4) is 0 Å². The van der Waals surface area contributed by atoms with E-state index in [4.69, 9.17) is 9.31 Å². The molecule has 1 amide bonds. The fourth-order valence-corrected chi connectivity index (χ4v) is 3.29. The van der Waals surface area contributed by atoms with Crippen molar-refractivity contribution in [1.82, 2.24) is 9.88 Å². The van der Waals surface area contributed by atoms with Gasteiger partial charge in [0.1, 0.15) is 5.69 Å². The van der Waals surface area contributed by atoms with E-state index in [-0.39, 0.29) is 24.2 Å². The summed E-state index contributed by atoms with van der Waals surface area (Å²) in [5.74, 6) is -0.00404. The first-order chi connectivity index (χ1) is 12.3. The Labute approximate surface area is 154 Å². The molecule has 0 radical (unpaired) electrons. The van der Waals surface area contributed by atoms with E-state index in [1.54, 1.807) is 6.20 Å². The number of carbonyl (C=O) groups is 1. The number of aromatic nitrogens is 1. The molecule has 26 heavy (non-hydrogen) atoms. The lowest BCUT2D eigenvalue weighted by Gasteiger charge is -2.32. The molecular weight excluding hydrogens is 327 g/mol. The van der Waals surface area contributed by atoms with Crippen molar-refractivity contribution in [3.63, 3.8) is 0 Å². The molecule has 1 aromatic heterocycles. The standard InChI is InChI=1S/C20H23BN2O3/c1-19(2)20(3,4)26-21(25-19)16-9-7-14(8-10-16)12-23-13-15-6-5-11-22-17(15)18(23)24/h5-11H,12-13H2,1-4H3. The van der Waals surface area contributed by atoms with Crippen LogP contribution >= 0.6 is 0 Å². The molecule has 0 saturated carbocycles. The molecule has 4 rings (SSSR count). The number of hydrogen-bond acceptors (Lipinski definition) is 4. The number of carbonyl (C=O) groups excluding carboxylic acids is 1. The minimum absolute atomic E-state index is 0.00404. The Balaban J connectivity index is 1.46. The molecule has 0 N–H and O–H groups in total. The van der Waals surface area contributed by atoms with Crippen LogP contribution in [0.1, 0.15) is 49.3 Å². The third-order valence-corrected chi connectivity index (χ3v) is 5.62. The molecule has 0 spiro atoms. The molecule has 1 aromatic carbocycles. The van der Waals surface area contributed by atoms with Crippen LogP contribution < -0.4 is 5.46 Å². The molecule has 0 bridgehead atoms. The number of nitrogens with zero attached hydrogens (tertiary/aromatic N) is 2. The van der Waals surface area contributed by atoms with Gasteiger partial charge < -0.3 is 14.2 Å². The summed E-state index contributed by atoms with van der Waals surface area (Å²) in [5, 5.41) is 0. The lowest BCUT2D eigenvalue weighted by atomic mass is 9.79. The first-order valence-electron chi connectivity index (χ1n) is 8.94. The van der Waals surface area contributed by atoms with Crippen molar-refractivity contribution < 1.29 is 14.1 Å². The third-order valence-electron chi connectivity index (χ3n) is 5.62. The highest BCUT2D eigenvalue weighted by Gasteiger charge is 2.51. The maximum absolute atomic E-state index is 12.4. The summed E-state index contributed by atoms with van der Waals surface area (Å²) in [6, 6.07) is 11.9. The monoisotopic (exact) mass is 350 g/mol. The summed E-state index contributed by atoms with van der Waals surface area (Å²) in [6.07, 6.45) is 1.67. The predicted octanol–water partition coefficient (Wildman–Crippen LogP) is 2.54. The van der Waals surface area contributed by atoms with Gasteiger partial charge in [-0.2, -0.15) is 0 Å². The van der Waals surface area contributed by atoms with E-state index in [2.05, 4.69) is 4.98 Å². The molecule has 0 unspecified atom stereocenters. The zero-order valence-corrected chi connectivity index (χ0v) is 15.7. The number of amides is 1. The number of pyridine rings is 1. The van der Waals surface area contributed by atoms with Crippen molar-refractivity contribution in [2.75, 3.05) is 0 Å². The summed E-state index contributed by atoms with van der Waals surface area (Å²) in [7, 11) is -0.365. The summed E-state index contributed by atoms with van der Waals surface area (Å²) in [6.45, 7) is 9.37. The van der Waals surface area contributed by atoms with Gasteiger partial charge in [-0.15, -0.1) is 0 Å². The van der Waals surface area contributed by atoms with Crippen LogP contribution in [0.2, 0.25) is 0 Å². The number of hydrogen-bond donors (Lipinski definition) is 0. The van der Waals surface area contributed by atoms with E-state index in [9.17, 15) is 4.79 Å². The topological polar surface area (TPSA) is 51.7 Å². The SMILES string of the molecule is CC1(C)OB(c2ccc(CN3Cc4cccnc4C3=O)cc2)OC1(C)C. The molecule has 0 aliphatic carbocycles. The molecular formula is C20H23BN2O3. The summed E-state index contributed by atoms with van der Waals surface area (Å²) < 4.78 is 12.2. The van der Waals surface area contributed by atoms with E-state index in [1.807, 2.05) is 69.0 Å². The third kappa shape index (κ3) is 2.83. The van der Waals surface area contributed by atoms with Crippen molar-refractivity contribution >= 4 is 18.5 Å². The second kappa shape index (κ2) is 5.93. The summed E-state index contributed by atoms with van der Waals surface area (Å²) in [5.41, 5.74) is 2.93. The lowest BCUT2D eigenvalue weighted by Crippen LogP contribution is -2.41. The Kier molecular flexibility index (Phi) is 3.93. The molecule has 6 heteroatoms. The van der Waals surface area contributed by atoms with E-state index >= 15 is 0 Å². The summed E-state index contributed by atoms with van der Waals surface area (Å²) in [4.78, 5) is 18.5. The smallest absolute Gasteiger partial charge is 0.399 e. The maximum atomic E-state index is 12.4. The molecule has 1 fully saturated rings. The summed E-state index contributed by atoms with van der Waals surface area (Å²) >= 11 is 0. The second-order valence-corrected chi connectivity index (χ2v) is 8.00. The highest BCUT2D eigenvalue weighted by Crippen LogP contribution is 2.36. The highest BCUT2D eigenvalue weighted by atomic mass is 16.7. The fourth-order valence-electron chi connectivity index (χ4n) is 3.29. The van der Waals surface area contributed by atoms with Crippen LogP contribution in [0, 0.1) is 0 Å². The Morgan fingerprint density at radius 1 is 1.08 bits per heavy atom. The van der Waals surface area contributed by atoms with Gasteiger partial charge >= 0.3 is 7.12 Å². The number of benzene rings is 1. The minimum Gasteiger partial charge on any atom is -0.399 e. The van der Waals surface area contributed by atoms with Crippen LogP contribution in [-0.4, -0.2) is 34.1 Å². The molecule has 1 saturated heterocycles. The second-order valence-electron chi connectivity index (χ2n) is 8.00. The lowest BCUT2D eigenvalue weighted by molar-refractivity contribution is 0.00578. The maximum Gasteiger partial charge on any atom is 0.494 e. The van der Waals surface area contributed by atoms with Gasteiger partial charge in [0.15, 0.2) is 0 Å². The predicted molar refractivity (Wildman–Crippen MR) is 100.0 cm³/mol. The van der Waals surface area contributed by atoms with Gasteiger partial charge in [0.05, 0.1) is 11.2 Å². The quantitative estimate of drug-likeness (QED) is 0.799. The minimum atomic E-state index is -0.365. The molecule has 134 valence electrons. The van der Waals surface area contributed by atoms with Crippen LogP contribution in [0.25, 0.3) is 0 Å². The molecule has 3 heterocycles. The van der Waals surface area contributed by atoms with E-state index in [1.165, 1.54) is 0 Å². The number of rotatable bonds is 3. The molecule has 2 aromatic rings. The van der Waals surface area contributed by atoms with Crippen molar-refractivity contribution in [3.05, 3.63) is 59.4 Å². The van der Waals surface area contributed by atoms with Gasteiger partial charge in [-0.1, -0.05) is 30.3 Å². The Hall–Kier alpha value is -2.18. The molecule has 0 atom stereocenters. The zero-order chi connectivity index (χ0) is 18.5. The van der Waals surface area contributed by atoms with Crippen molar-refractivity contribution in [1.29, 1.82) is 0 Å².